The van der Waals surface area contributed by atoms with Crippen molar-refractivity contribution in [1.82, 2.24) is 19.7 Å². The van der Waals surface area contributed by atoms with Crippen molar-refractivity contribution < 1.29 is 0 Å². The lowest BCUT2D eigenvalue weighted by atomic mass is 10.1. The summed E-state index contributed by atoms with van der Waals surface area (Å²) in [7, 11) is 0. The first-order chi connectivity index (χ1) is 12.3. The number of pyridine rings is 1. The first kappa shape index (κ1) is 15.6. The third-order valence-electron chi connectivity index (χ3n) is 4.78. The highest BCUT2D eigenvalue weighted by atomic mass is 16.1. The summed E-state index contributed by atoms with van der Waals surface area (Å²) in [5.74, 6) is 0. The summed E-state index contributed by atoms with van der Waals surface area (Å²) < 4.78 is 1.66. The maximum absolute atomic E-state index is 12.4. The zero-order valence-electron chi connectivity index (χ0n) is 14.0. The quantitative estimate of drug-likeness (QED) is 0.605. The molecule has 6 nitrogen and oxygen atoms in total. The number of nitriles is 1. The van der Waals surface area contributed by atoms with Gasteiger partial charge in [0.15, 0.2) is 0 Å². The first-order valence-electron chi connectivity index (χ1n) is 8.75. The maximum Gasteiger partial charge on any atom is 0.216 e. The molecule has 3 aromatic heterocycles. The number of aromatic nitrogens is 4. The fourth-order valence-corrected chi connectivity index (χ4v) is 3.53. The van der Waals surface area contributed by atoms with Gasteiger partial charge in [0.2, 0.25) is 5.43 Å². The molecule has 1 saturated carbocycles. The van der Waals surface area contributed by atoms with Crippen LogP contribution in [0.4, 0.5) is 0 Å². The molecule has 0 radical (unpaired) electrons. The van der Waals surface area contributed by atoms with E-state index in [1.165, 1.54) is 32.1 Å². The molecule has 5 rings (SSSR count). The van der Waals surface area contributed by atoms with Crippen LogP contribution in [0.3, 0.4) is 0 Å². The largest absolute Gasteiger partial charge is 0.346 e. The Bertz CT molecular complexity index is 1110. The zero-order chi connectivity index (χ0) is 17.2. The molecule has 6 heteroatoms. The summed E-state index contributed by atoms with van der Waals surface area (Å²) in [5.41, 5.74) is 1.04. The van der Waals surface area contributed by atoms with Gasteiger partial charge in [0.05, 0.1) is 24.4 Å². The van der Waals surface area contributed by atoms with Crippen LogP contribution in [0.15, 0.2) is 29.5 Å². The van der Waals surface area contributed by atoms with Gasteiger partial charge >= 0.3 is 0 Å². The van der Waals surface area contributed by atoms with E-state index in [2.05, 4.69) is 21.1 Å². The van der Waals surface area contributed by atoms with Gasteiger partial charge in [-0.05, 0) is 11.5 Å². The normalized spacial score (nSPS) is 14.0. The lowest BCUT2D eigenvalue weighted by molar-refractivity contribution is 0.634. The number of rotatable bonds is 2. The topological polar surface area (TPSA) is 87.4 Å². The highest BCUT2D eigenvalue weighted by Crippen LogP contribution is 2.28. The number of hydrogen-bond acceptors (Lipinski definition) is 4. The van der Waals surface area contributed by atoms with E-state index in [0.29, 0.717) is 29.5 Å². The summed E-state index contributed by atoms with van der Waals surface area (Å²) in [4.78, 5) is 19.7. The minimum atomic E-state index is -0.106. The molecule has 1 aliphatic carbocycles. The number of H-pyrrole nitrogens is 1. The number of nitrogens with one attached hydrogen (secondary N) is 1. The number of aromatic amines is 1. The van der Waals surface area contributed by atoms with Crippen LogP contribution in [0.5, 0.6) is 0 Å². The van der Waals surface area contributed by atoms with Crippen LogP contribution >= 0.6 is 0 Å². The van der Waals surface area contributed by atoms with Gasteiger partial charge in [0.25, 0.3) is 0 Å². The van der Waals surface area contributed by atoms with E-state index in [4.69, 9.17) is 5.26 Å². The van der Waals surface area contributed by atoms with Crippen molar-refractivity contribution in [2.75, 3.05) is 0 Å². The Kier molecular flexibility index (Phi) is 4.06. The second-order valence-corrected chi connectivity index (χ2v) is 6.45. The van der Waals surface area contributed by atoms with Gasteiger partial charge in [-0.3, -0.25) is 9.48 Å². The molecule has 0 bridgehead atoms. The average molecular weight is 333 g/mol. The number of nitrogens with zero attached hydrogens (tertiary/aromatic N) is 4. The molecular formula is C19H19N5O. The number of benzene rings is 1. The van der Waals surface area contributed by atoms with Crippen molar-refractivity contribution in [3.05, 3.63) is 34.9 Å². The smallest absolute Gasteiger partial charge is 0.216 e. The average Bonchev–Trinajstić information content (AvgIpc) is 3.39. The first-order valence-corrected chi connectivity index (χ1v) is 8.75. The predicted octanol–water partition coefficient (Wildman–Crippen LogP) is 3.73. The number of aryl methyl sites for hydroxylation is 1. The van der Waals surface area contributed by atoms with Gasteiger partial charge in [-0.1, -0.05) is 32.1 Å². The van der Waals surface area contributed by atoms with Crippen LogP contribution in [0, 0.1) is 11.3 Å². The second kappa shape index (κ2) is 6.52. The van der Waals surface area contributed by atoms with Gasteiger partial charge in [-0.15, -0.1) is 0 Å². The Balaban J connectivity index is 0.000000272. The van der Waals surface area contributed by atoms with E-state index in [1.54, 1.807) is 17.1 Å². The minimum Gasteiger partial charge on any atom is -0.346 e. The Morgan fingerprint density at radius 2 is 1.92 bits per heavy atom. The molecule has 0 aliphatic heterocycles. The van der Waals surface area contributed by atoms with E-state index in [1.807, 2.05) is 12.3 Å². The molecule has 3 heterocycles. The fourth-order valence-electron chi connectivity index (χ4n) is 3.53. The SMILES string of the molecule is C1CCCC1.N#CCCn1cc2c(n1)c(=O)c1cnc3[nH]ccc2c31. The maximum atomic E-state index is 12.4. The highest BCUT2D eigenvalue weighted by molar-refractivity contribution is 6.19. The van der Waals surface area contributed by atoms with Gasteiger partial charge in [0, 0.05) is 29.4 Å². The van der Waals surface area contributed by atoms with Crippen molar-refractivity contribution in [2.24, 2.45) is 0 Å². The molecule has 1 aliphatic rings. The van der Waals surface area contributed by atoms with Crippen molar-refractivity contribution in [2.45, 2.75) is 45.1 Å². The molecule has 126 valence electrons. The monoisotopic (exact) mass is 333 g/mol. The molecule has 0 amide bonds. The summed E-state index contributed by atoms with van der Waals surface area (Å²) in [6.07, 6.45) is 13.1. The lowest BCUT2D eigenvalue weighted by Gasteiger charge is -1.98. The molecule has 4 aromatic rings. The molecule has 1 aromatic carbocycles. The molecule has 0 saturated heterocycles. The standard InChI is InChI=1S/C14H9N5O.C5H10/c15-3-1-5-19-7-10-8-2-4-16-14-11(8)9(6-17-14)13(20)12(10)18-19;1-2-4-5-3-1/h2,4,6-7H,1,5H2,(H,16,17);1-5H2. The van der Waals surface area contributed by atoms with Crippen LogP contribution in [0.2, 0.25) is 0 Å². The minimum absolute atomic E-state index is 0.106. The summed E-state index contributed by atoms with van der Waals surface area (Å²) >= 11 is 0. The summed E-state index contributed by atoms with van der Waals surface area (Å²) in [5, 5.41) is 16.2. The molecular weight excluding hydrogens is 314 g/mol. The van der Waals surface area contributed by atoms with Gasteiger partial charge in [-0.2, -0.15) is 10.4 Å². The van der Waals surface area contributed by atoms with Crippen LogP contribution in [-0.4, -0.2) is 19.7 Å². The summed E-state index contributed by atoms with van der Waals surface area (Å²) in [6, 6.07) is 4.00. The molecule has 0 spiro atoms. The Labute approximate surface area is 144 Å². The van der Waals surface area contributed by atoms with Crippen LogP contribution in [0.25, 0.3) is 32.7 Å². The molecule has 0 unspecified atom stereocenters. The third kappa shape index (κ3) is 2.72. The van der Waals surface area contributed by atoms with Gasteiger partial charge in [0.1, 0.15) is 11.2 Å². The van der Waals surface area contributed by atoms with E-state index >= 15 is 0 Å². The predicted molar refractivity (Wildman–Crippen MR) is 97.7 cm³/mol. The van der Waals surface area contributed by atoms with Gasteiger partial charge < -0.3 is 4.98 Å². The fraction of sp³-hybridized carbons (Fsp3) is 0.368. The van der Waals surface area contributed by atoms with Crippen molar-refractivity contribution in [3.8, 4) is 6.07 Å². The van der Waals surface area contributed by atoms with Crippen LogP contribution in [0.1, 0.15) is 38.5 Å². The summed E-state index contributed by atoms with van der Waals surface area (Å²) in [6.45, 7) is 0.487. The van der Waals surface area contributed by atoms with E-state index in [9.17, 15) is 4.79 Å². The Morgan fingerprint density at radius 3 is 2.64 bits per heavy atom. The van der Waals surface area contributed by atoms with E-state index in [0.717, 1.165) is 16.2 Å². The van der Waals surface area contributed by atoms with Crippen molar-refractivity contribution in [3.63, 3.8) is 0 Å². The molecule has 1 fully saturated rings. The second-order valence-electron chi connectivity index (χ2n) is 6.45. The van der Waals surface area contributed by atoms with E-state index < -0.39 is 0 Å². The van der Waals surface area contributed by atoms with Crippen molar-refractivity contribution in [1.29, 1.82) is 5.26 Å². The Morgan fingerprint density at radius 1 is 1.16 bits per heavy atom. The lowest BCUT2D eigenvalue weighted by Crippen LogP contribution is -2.03. The molecule has 25 heavy (non-hydrogen) atoms. The van der Waals surface area contributed by atoms with Crippen LogP contribution < -0.4 is 5.43 Å². The zero-order valence-corrected chi connectivity index (χ0v) is 14.0. The third-order valence-corrected chi connectivity index (χ3v) is 4.78. The van der Waals surface area contributed by atoms with E-state index in [-0.39, 0.29) is 5.43 Å². The Hall–Kier alpha value is -2.94. The van der Waals surface area contributed by atoms with Crippen molar-refractivity contribution >= 4 is 32.7 Å². The highest BCUT2D eigenvalue weighted by Gasteiger charge is 2.16. The molecule has 0 atom stereocenters. The van der Waals surface area contributed by atoms with Crippen LogP contribution in [-0.2, 0) is 6.54 Å². The number of fused-ring (bicyclic) bond motifs is 2. The van der Waals surface area contributed by atoms with Gasteiger partial charge in [-0.25, -0.2) is 4.98 Å². The number of hydrogen-bond donors (Lipinski definition) is 1. The molecule has 1 N–H and O–H groups in total.